The van der Waals surface area contributed by atoms with Crippen molar-refractivity contribution in [3.63, 3.8) is 0 Å². The average Bonchev–Trinajstić information content (AvgIpc) is 1.95. The minimum absolute atomic E-state index is 0. The molecule has 0 radical (unpaired) electrons. The molecule has 0 saturated carbocycles. The van der Waals surface area contributed by atoms with Crippen LogP contribution in [0.5, 0.6) is 0 Å². The Labute approximate surface area is 114 Å². The number of carbonyl (C=O) groups excluding carboxylic acids is 1. The molecule has 0 aliphatic carbocycles. The predicted molar refractivity (Wildman–Crippen MR) is 57.4 cm³/mol. The van der Waals surface area contributed by atoms with Gasteiger partial charge in [0, 0.05) is 12.5 Å². The van der Waals surface area contributed by atoms with Gasteiger partial charge in [-0.25, -0.2) is 0 Å². The van der Waals surface area contributed by atoms with Gasteiger partial charge >= 0.3 is 37.7 Å². The number of hydrogen-bond acceptors (Lipinski definition) is 3. The first-order chi connectivity index (χ1) is 5.83. The summed E-state index contributed by atoms with van der Waals surface area (Å²) in [6, 6.07) is 0. The van der Waals surface area contributed by atoms with Gasteiger partial charge in [-0.1, -0.05) is 13.8 Å². The molecular weight excluding hydrogens is 234 g/mol. The van der Waals surface area contributed by atoms with Crippen molar-refractivity contribution in [2.45, 2.75) is 20.3 Å². The predicted octanol–water partition coefficient (Wildman–Crippen LogP) is -0.880. The van der Waals surface area contributed by atoms with Crippen LogP contribution in [0.25, 0.3) is 0 Å². The van der Waals surface area contributed by atoms with Gasteiger partial charge in [-0.2, -0.15) is 8.42 Å². The quantitative estimate of drug-likeness (QED) is 0.377. The molecule has 0 aliphatic heterocycles. The van der Waals surface area contributed by atoms with Crippen LogP contribution in [-0.2, 0) is 14.9 Å². The standard InChI is InChI=1S/C7H15NO4S.Ca.2H/c1-6(2)7(9)8-4-3-5-13(10,11)12;;;/h6H,3-5H2,1-2H3,(H,8,9)(H,10,11,12);;;. The third-order valence-electron chi connectivity index (χ3n) is 1.40. The molecule has 0 spiro atoms. The van der Waals surface area contributed by atoms with Gasteiger partial charge in [0.25, 0.3) is 10.1 Å². The van der Waals surface area contributed by atoms with Crippen molar-refractivity contribution in [2.24, 2.45) is 5.92 Å². The van der Waals surface area contributed by atoms with E-state index in [1.54, 1.807) is 13.8 Å². The fourth-order valence-electron chi connectivity index (χ4n) is 0.670. The van der Waals surface area contributed by atoms with Crippen LogP contribution in [-0.4, -0.2) is 68.9 Å². The zero-order valence-corrected chi connectivity index (χ0v) is 8.60. The van der Waals surface area contributed by atoms with E-state index in [-0.39, 0.29) is 68.3 Å². The number of nitrogens with one attached hydrogen (secondary N) is 1. The summed E-state index contributed by atoms with van der Waals surface area (Å²) < 4.78 is 28.9. The molecule has 82 valence electrons. The molecule has 0 heterocycles. The van der Waals surface area contributed by atoms with Gasteiger partial charge < -0.3 is 5.32 Å². The van der Waals surface area contributed by atoms with Crippen LogP contribution in [0.1, 0.15) is 20.3 Å². The van der Waals surface area contributed by atoms with Crippen molar-refractivity contribution in [1.29, 1.82) is 0 Å². The Morgan fingerprint density at radius 2 is 1.93 bits per heavy atom. The molecule has 0 saturated heterocycles. The summed E-state index contributed by atoms with van der Waals surface area (Å²) in [4.78, 5) is 10.9. The molecule has 7 heteroatoms. The van der Waals surface area contributed by atoms with Crippen molar-refractivity contribution in [3.8, 4) is 0 Å². The molecule has 14 heavy (non-hydrogen) atoms. The van der Waals surface area contributed by atoms with Crippen molar-refractivity contribution in [2.75, 3.05) is 12.3 Å². The average molecular weight is 251 g/mol. The molecule has 0 aromatic heterocycles. The molecular formula is C7H17CaNO4S. The van der Waals surface area contributed by atoms with Crippen LogP contribution in [0.2, 0.25) is 0 Å². The molecule has 1 amide bonds. The number of amides is 1. The topological polar surface area (TPSA) is 83.5 Å². The van der Waals surface area contributed by atoms with Crippen LogP contribution < -0.4 is 5.32 Å². The molecule has 0 unspecified atom stereocenters. The second-order valence-corrected chi connectivity index (χ2v) is 4.66. The fraction of sp³-hybridized carbons (Fsp3) is 0.857. The van der Waals surface area contributed by atoms with Gasteiger partial charge in [0.1, 0.15) is 0 Å². The SMILES string of the molecule is CC(C)C(=O)NCCCS(=O)(=O)O.[CaH2]. The van der Waals surface area contributed by atoms with Crippen molar-refractivity contribution < 1.29 is 17.8 Å². The first kappa shape index (κ1) is 17.0. The van der Waals surface area contributed by atoms with Gasteiger partial charge in [0.15, 0.2) is 0 Å². The molecule has 0 atom stereocenters. The minimum atomic E-state index is -3.89. The third kappa shape index (κ3) is 10.7. The summed E-state index contributed by atoms with van der Waals surface area (Å²) in [7, 11) is -3.89. The van der Waals surface area contributed by atoms with E-state index in [4.69, 9.17) is 4.55 Å². The van der Waals surface area contributed by atoms with Crippen molar-refractivity contribution in [3.05, 3.63) is 0 Å². The zero-order chi connectivity index (χ0) is 10.5. The first-order valence-electron chi connectivity index (χ1n) is 4.06. The van der Waals surface area contributed by atoms with E-state index in [1.807, 2.05) is 0 Å². The molecule has 0 aliphatic rings. The number of carbonyl (C=O) groups is 1. The molecule has 0 aromatic rings. The molecule has 0 bridgehead atoms. The fourth-order valence-corrected chi connectivity index (χ4v) is 1.18. The Morgan fingerprint density at radius 3 is 2.29 bits per heavy atom. The molecule has 0 aromatic carbocycles. The number of hydrogen-bond donors (Lipinski definition) is 2. The van der Waals surface area contributed by atoms with Gasteiger partial charge in [0.05, 0.1) is 5.75 Å². The Balaban J connectivity index is 0. The summed E-state index contributed by atoms with van der Waals surface area (Å²) in [5, 5.41) is 2.54. The first-order valence-corrected chi connectivity index (χ1v) is 5.66. The van der Waals surface area contributed by atoms with E-state index in [0.717, 1.165) is 0 Å². The maximum absolute atomic E-state index is 10.9. The third-order valence-corrected chi connectivity index (χ3v) is 2.21. The van der Waals surface area contributed by atoms with Gasteiger partial charge in [-0.15, -0.1) is 0 Å². The Kier molecular flexibility index (Phi) is 9.58. The van der Waals surface area contributed by atoms with Crippen molar-refractivity contribution in [1.82, 2.24) is 5.32 Å². The van der Waals surface area contributed by atoms with Gasteiger partial charge in [0.2, 0.25) is 5.91 Å². The van der Waals surface area contributed by atoms with E-state index in [2.05, 4.69) is 5.32 Å². The van der Waals surface area contributed by atoms with Crippen LogP contribution in [0.3, 0.4) is 0 Å². The Hall–Kier alpha value is 0.640. The van der Waals surface area contributed by atoms with E-state index in [9.17, 15) is 13.2 Å². The molecule has 2 N–H and O–H groups in total. The second kappa shape index (κ2) is 7.87. The van der Waals surface area contributed by atoms with E-state index in [1.165, 1.54) is 0 Å². The van der Waals surface area contributed by atoms with E-state index in [0.29, 0.717) is 0 Å². The molecule has 0 fully saturated rings. The maximum atomic E-state index is 10.9. The van der Waals surface area contributed by atoms with E-state index < -0.39 is 10.1 Å². The molecule has 0 rings (SSSR count). The summed E-state index contributed by atoms with van der Waals surface area (Å²) in [6.07, 6.45) is 0.233. The second-order valence-electron chi connectivity index (χ2n) is 3.09. The summed E-state index contributed by atoms with van der Waals surface area (Å²) in [6.45, 7) is 3.77. The number of rotatable bonds is 5. The summed E-state index contributed by atoms with van der Waals surface area (Å²) in [5.41, 5.74) is 0. The summed E-state index contributed by atoms with van der Waals surface area (Å²) in [5.74, 6) is -0.535. The monoisotopic (exact) mass is 251 g/mol. The van der Waals surface area contributed by atoms with E-state index >= 15 is 0 Å². The van der Waals surface area contributed by atoms with Gasteiger partial charge in [-0.05, 0) is 6.42 Å². The summed E-state index contributed by atoms with van der Waals surface area (Å²) >= 11 is 0. The van der Waals surface area contributed by atoms with Crippen LogP contribution >= 0.6 is 0 Å². The van der Waals surface area contributed by atoms with Gasteiger partial charge in [-0.3, -0.25) is 9.35 Å². The van der Waals surface area contributed by atoms with Crippen molar-refractivity contribution >= 4 is 53.8 Å². The Morgan fingerprint density at radius 1 is 1.43 bits per heavy atom. The zero-order valence-electron chi connectivity index (χ0n) is 7.78. The van der Waals surface area contributed by atoms with Crippen LogP contribution in [0.4, 0.5) is 0 Å². The Bertz CT molecular complexity index is 263. The van der Waals surface area contributed by atoms with Crippen LogP contribution in [0.15, 0.2) is 0 Å². The van der Waals surface area contributed by atoms with Crippen LogP contribution in [0, 0.1) is 5.92 Å². The normalized spacial score (nSPS) is 10.9. The molecule has 5 nitrogen and oxygen atoms in total.